The van der Waals surface area contributed by atoms with Gasteiger partial charge in [0.15, 0.2) is 0 Å². The molecule has 0 aromatic heterocycles. The molecule has 192 valence electrons. The number of hydrogen-bond acceptors (Lipinski definition) is 8. The van der Waals surface area contributed by atoms with Gasteiger partial charge in [-0.1, -0.05) is 13.8 Å². The molecule has 12 heteroatoms. The quantitative estimate of drug-likeness (QED) is 0.453. The van der Waals surface area contributed by atoms with Crippen molar-refractivity contribution in [3.63, 3.8) is 0 Å². The van der Waals surface area contributed by atoms with Gasteiger partial charge in [0.1, 0.15) is 0 Å². The Balaban J connectivity index is 1.94. The smallest absolute Gasteiger partial charge is 0.338 e. The Hall–Kier alpha value is -2.67. The minimum absolute atomic E-state index is 0.0233. The van der Waals surface area contributed by atoms with Gasteiger partial charge >= 0.3 is 5.97 Å². The van der Waals surface area contributed by atoms with Crippen LogP contribution in [-0.2, 0) is 29.5 Å². The van der Waals surface area contributed by atoms with E-state index in [4.69, 9.17) is 9.47 Å². The second-order valence-corrected chi connectivity index (χ2v) is 12.0. The number of carbonyl (C=O) groups is 1. The highest BCUT2D eigenvalue weighted by atomic mass is 32.2. The molecule has 0 atom stereocenters. The molecule has 1 aliphatic rings. The SMILES string of the molecule is CCOC(=O)c1ccc(S(=O)(=O)Nc2cc(S(=O)(=O)N3CCOCC3)ccc2NCC(C)C)cc1. The Morgan fingerprint density at radius 3 is 2.23 bits per heavy atom. The van der Waals surface area contributed by atoms with Gasteiger partial charge in [-0.2, -0.15) is 4.31 Å². The Bertz CT molecular complexity index is 1240. The molecule has 10 nitrogen and oxygen atoms in total. The third-order valence-corrected chi connectivity index (χ3v) is 8.50. The van der Waals surface area contributed by atoms with Gasteiger partial charge in [0.2, 0.25) is 10.0 Å². The van der Waals surface area contributed by atoms with E-state index in [0.29, 0.717) is 25.4 Å². The summed E-state index contributed by atoms with van der Waals surface area (Å²) in [5, 5.41) is 3.17. The van der Waals surface area contributed by atoms with E-state index in [-0.39, 0.29) is 46.7 Å². The molecule has 0 aliphatic carbocycles. The predicted molar refractivity (Wildman–Crippen MR) is 133 cm³/mol. The number of esters is 1. The topological polar surface area (TPSA) is 131 Å². The Kier molecular flexibility index (Phi) is 8.75. The Labute approximate surface area is 206 Å². The van der Waals surface area contributed by atoms with Gasteiger partial charge in [-0.05, 0) is 55.3 Å². The van der Waals surface area contributed by atoms with E-state index in [1.165, 1.54) is 40.7 Å². The molecule has 1 saturated heterocycles. The molecule has 0 saturated carbocycles. The van der Waals surface area contributed by atoms with Crippen molar-refractivity contribution in [2.45, 2.75) is 30.6 Å². The number of rotatable bonds is 10. The van der Waals surface area contributed by atoms with Crippen LogP contribution in [0.2, 0.25) is 0 Å². The molecule has 1 heterocycles. The summed E-state index contributed by atoms with van der Waals surface area (Å²) in [7, 11) is -7.92. The number of ether oxygens (including phenoxy) is 2. The highest BCUT2D eigenvalue weighted by Gasteiger charge is 2.28. The minimum atomic E-state index is -4.09. The molecule has 2 aromatic rings. The van der Waals surface area contributed by atoms with E-state index in [1.54, 1.807) is 13.0 Å². The number of morpholine rings is 1. The zero-order chi connectivity index (χ0) is 25.6. The summed E-state index contributed by atoms with van der Waals surface area (Å²) in [6, 6.07) is 9.65. The van der Waals surface area contributed by atoms with E-state index >= 15 is 0 Å². The van der Waals surface area contributed by atoms with E-state index in [9.17, 15) is 21.6 Å². The summed E-state index contributed by atoms with van der Waals surface area (Å²) < 4.78 is 66.5. The summed E-state index contributed by atoms with van der Waals surface area (Å²) >= 11 is 0. The summed E-state index contributed by atoms with van der Waals surface area (Å²) in [6.07, 6.45) is 0. The van der Waals surface area contributed by atoms with Crippen LogP contribution in [0.15, 0.2) is 52.3 Å². The summed E-state index contributed by atoms with van der Waals surface area (Å²) in [5.41, 5.74) is 0.782. The van der Waals surface area contributed by atoms with Crippen LogP contribution in [-0.4, -0.2) is 66.6 Å². The van der Waals surface area contributed by atoms with Crippen molar-refractivity contribution in [2.75, 3.05) is 49.5 Å². The fraction of sp³-hybridized carbons (Fsp3) is 0.435. The van der Waals surface area contributed by atoms with Crippen molar-refractivity contribution in [3.05, 3.63) is 48.0 Å². The van der Waals surface area contributed by atoms with Gasteiger partial charge in [-0.25, -0.2) is 21.6 Å². The van der Waals surface area contributed by atoms with Crippen molar-refractivity contribution in [3.8, 4) is 0 Å². The average Bonchev–Trinajstić information content (AvgIpc) is 2.83. The maximum absolute atomic E-state index is 13.1. The van der Waals surface area contributed by atoms with Crippen molar-refractivity contribution in [2.24, 2.45) is 5.92 Å². The lowest BCUT2D eigenvalue weighted by molar-refractivity contribution is 0.0526. The van der Waals surface area contributed by atoms with Crippen LogP contribution in [0.3, 0.4) is 0 Å². The van der Waals surface area contributed by atoms with Crippen LogP contribution in [0.4, 0.5) is 11.4 Å². The zero-order valence-electron chi connectivity index (χ0n) is 20.0. The zero-order valence-corrected chi connectivity index (χ0v) is 21.6. The third kappa shape index (κ3) is 6.72. The lowest BCUT2D eigenvalue weighted by Crippen LogP contribution is -2.40. The van der Waals surface area contributed by atoms with Crippen molar-refractivity contribution in [1.82, 2.24) is 4.31 Å². The lowest BCUT2D eigenvalue weighted by Gasteiger charge is -2.26. The molecule has 1 fully saturated rings. The Morgan fingerprint density at radius 1 is 1.00 bits per heavy atom. The first-order chi connectivity index (χ1) is 16.5. The monoisotopic (exact) mass is 525 g/mol. The van der Waals surface area contributed by atoms with Crippen LogP contribution < -0.4 is 10.0 Å². The Morgan fingerprint density at radius 2 is 1.63 bits per heavy atom. The van der Waals surface area contributed by atoms with E-state index < -0.39 is 26.0 Å². The number of nitrogens with one attached hydrogen (secondary N) is 2. The average molecular weight is 526 g/mol. The molecular formula is C23H31N3O7S2. The van der Waals surface area contributed by atoms with Crippen molar-refractivity contribution < 1.29 is 31.1 Å². The van der Waals surface area contributed by atoms with Gasteiger partial charge < -0.3 is 14.8 Å². The summed E-state index contributed by atoms with van der Waals surface area (Å²) in [5.74, 6) is -0.280. The summed E-state index contributed by atoms with van der Waals surface area (Å²) in [6.45, 7) is 7.49. The van der Waals surface area contributed by atoms with Crippen LogP contribution >= 0.6 is 0 Å². The molecule has 1 aliphatic heterocycles. The normalized spacial score (nSPS) is 15.1. The second-order valence-electron chi connectivity index (χ2n) is 8.35. The molecule has 3 rings (SSSR count). The van der Waals surface area contributed by atoms with Crippen LogP contribution in [0.5, 0.6) is 0 Å². The van der Waals surface area contributed by atoms with Crippen LogP contribution in [0, 0.1) is 5.92 Å². The van der Waals surface area contributed by atoms with Gasteiger partial charge in [0.05, 0.1) is 46.5 Å². The van der Waals surface area contributed by atoms with Crippen LogP contribution in [0.25, 0.3) is 0 Å². The van der Waals surface area contributed by atoms with E-state index in [0.717, 1.165) is 0 Å². The molecular weight excluding hydrogens is 494 g/mol. The number of sulfonamides is 2. The molecule has 0 radical (unpaired) electrons. The summed E-state index contributed by atoms with van der Waals surface area (Å²) in [4.78, 5) is 11.8. The molecule has 2 N–H and O–H groups in total. The maximum Gasteiger partial charge on any atom is 0.338 e. The second kappa shape index (κ2) is 11.4. The lowest BCUT2D eigenvalue weighted by atomic mass is 10.2. The first-order valence-corrected chi connectivity index (χ1v) is 14.2. The largest absolute Gasteiger partial charge is 0.462 e. The number of carbonyl (C=O) groups excluding carboxylic acids is 1. The molecule has 2 aromatic carbocycles. The van der Waals surface area contributed by atoms with Crippen molar-refractivity contribution >= 4 is 37.4 Å². The van der Waals surface area contributed by atoms with Gasteiger partial charge in [-0.3, -0.25) is 4.72 Å². The number of anilines is 2. The third-order valence-electron chi connectivity index (χ3n) is 5.22. The standard InChI is InChI=1S/C23H31N3O7S2/c1-4-33-23(27)18-5-7-19(8-6-18)34(28,29)25-22-15-20(9-10-21(22)24-16-17(2)3)35(30,31)26-11-13-32-14-12-26/h5-10,15,17,24-25H,4,11-14,16H2,1-3H3. The van der Waals surface area contributed by atoms with Crippen LogP contribution in [0.1, 0.15) is 31.1 Å². The predicted octanol–water partition coefficient (Wildman–Crippen LogP) is 2.75. The fourth-order valence-corrected chi connectivity index (χ4v) is 5.87. The first kappa shape index (κ1) is 26.9. The highest BCUT2D eigenvalue weighted by molar-refractivity contribution is 7.92. The number of hydrogen-bond donors (Lipinski definition) is 2. The first-order valence-electron chi connectivity index (χ1n) is 11.3. The minimum Gasteiger partial charge on any atom is -0.462 e. The molecule has 35 heavy (non-hydrogen) atoms. The number of nitrogens with zero attached hydrogens (tertiary/aromatic N) is 1. The van der Waals surface area contributed by atoms with Gasteiger partial charge in [-0.15, -0.1) is 0 Å². The number of benzene rings is 2. The molecule has 0 unspecified atom stereocenters. The molecule has 0 bridgehead atoms. The molecule has 0 spiro atoms. The fourth-order valence-electron chi connectivity index (χ4n) is 3.36. The maximum atomic E-state index is 13.1. The van der Waals surface area contributed by atoms with Gasteiger partial charge in [0.25, 0.3) is 10.0 Å². The highest BCUT2D eigenvalue weighted by Crippen LogP contribution is 2.30. The molecule has 0 amide bonds. The van der Waals surface area contributed by atoms with Crippen molar-refractivity contribution in [1.29, 1.82) is 0 Å². The van der Waals surface area contributed by atoms with E-state index in [2.05, 4.69) is 10.0 Å². The van der Waals surface area contributed by atoms with E-state index in [1.807, 2.05) is 13.8 Å². The van der Waals surface area contributed by atoms with Gasteiger partial charge in [0, 0.05) is 19.6 Å².